The molecule has 0 radical (unpaired) electrons. The highest BCUT2D eigenvalue weighted by Gasteiger charge is 2.27. The van der Waals surface area contributed by atoms with Gasteiger partial charge in [0.15, 0.2) is 9.84 Å². The number of hydrogen-bond donors (Lipinski definition) is 2. The Morgan fingerprint density at radius 3 is 2.52 bits per heavy atom. The number of rotatable bonds is 9. The molecule has 1 heterocycles. The van der Waals surface area contributed by atoms with Crippen LogP contribution in [0, 0.1) is 0 Å². The van der Waals surface area contributed by atoms with Gasteiger partial charge >= 0.3 is 5.97 Å². The lowest BCUT2D eigenvalue weighted by molar-refractivity contribution is 0.0691. The Morgan fingerprint density at radius 2 is 1.90 bits per heavy atom. The Balaban J connectivity index is 0.00000341. The van der Waals surface area contributed by atoms with Gasteiger partial charge in [-0.1, -0.05) is 24.3 Å². The van der Waals surface area contributed by atoms with Gasteiger partial charge in [0.2, 0.25) is 0 Å². The van der Waals surface area contributed by atoms with Crippen LogP contribution in [0.15, 0.2) is 64.3 Å². The van der Waals surface area contributed by atoms with E-state index < -0.39 is 21.6 Å². The van der Waals surface area contributed by atoms with Crippen molar-refractivity contribution >= 4 is 28.2 Å². The van der Waals surface area contributed by atoms with E-state index in [0.29, 0.717) is 11.1 Å². The van der Waals surface area contributed by atoms with Crippen LogP contribution in [0.2, 0.25) is 0 Å². The Morgan fingerprint density at radius 1 is 1.16 bits per heavy atom. The van der Waals surface area contributed by atoms with Crippen LogP contribution in [0.3, 0.4) is 0 Å². The Kier molecular flexibility index (Phi) is 8.09. The summed E-state index contributed by atoms with van der Waals surface area (Å²) in [5, 5.41) is 9.88. The zero-order valence-corrected chi connectivity index (χ0v) is 18.2. The van der Waals surface area contributed by atoms with Gasteiger partial charge in [-0.25, -0.2) is 13.2 Å². The summed E-state index contributed by atoms with van der Waals surface area (Å²) in [7, 11) is -2.53. The summed E-state index contributed by atoms with van der Waals surface area (Å²) < 4.78 is 42.0. The van der Waals surface area contributed by atoms with Crippen molar-refractivity contribution in [3.8, 4) is 22.6 Å². The van der Waals surface area contributed by atoms with E-state index in [1.807, 2.05) is 0 Å². The normalized spacial score (nSPS) is 10.9. The van der Waals surface area contributed by atoms with E-state index in [0.717, 1.165) is 0 Å². The Labute approximate surface area is 185 Å². The van der Waals surface area contributed by atoms with Crippen molar-refractivity contribution in [3.63, 3.8) is 0 Å². The average Bonchev–Trinajstić information content (AvgIpc) is 3.26. The summed E-state index contributed by atoms with van der Waals surface area (Å²) in [6.07, 6.45) is 2.89. The van der Waals surface area contributed by atoms with Gasteiger partial charge in [0, 0.05) is 17.7 Å². The molecule has 0 bridgehead atoms. The number of aromatic carboxylic acids is 1. The fourth-order valence-electron chi connectivity index (χ4n) is 3.09. The smallest absolute Gasteiger partial charge is 0.339 e. The molecule has 8 nitrogen and oxygen atoms in total. The Hall–Kier alpha value is -3.01. The van der Waals surface area contributed by atoms with Crippen LogP contribution in [0.4, 0.5) is 0 Å². The van der Waals surface area contributed by atoms with Crippen molar-refractivity contribution in [1.29, 1.82) is 0 Å². The fourth-order valence-corrected chi connectivity index (χ4v) is 4.64. The maximum Gasteiger partial charge on any atom is 0.339 e. The molecule has 3 rings (SSSR count). The van der Waals surface area contributed by atoms with Crippen LogP contribution in [-0.4, -0.2) is 39.8 Å². The number of ether oxygens (including phenoxy) is 2. The van der Waals surface area contributed by atoms with E-state index in [1.165, 1.54) is 37.8 Å². The van der Waals surface area contributed by atoms with Gasteiger partial charge in [-0.3, -0.25) is 0 Å². The second-order valence-electron chi connectivity index (χ2n) is 6.34. The van der Waals surface area contributed by atoms with Crippen molar-refractivity contribution in [2.24, 2.45) is 5.73 Å². The molecule has 0 fully saturated rings. The largest absolute Gasteiger partial charge is 0.495 e. The SMILES string of the molecule is COc1ccccc1S(=O)(=O)Cc1ccc(-c2ccoc2)c(OCCN)c1C(=O)O.Cl. The number of para-hydroxylation sites is 1. The predicted octanol–water partition coefficient (Wildman–Crippen LogP) is 3.39. The van der Waals surface area contributed by atoms with Gasteiger partial charge < -0.3 is 24.7 Å². The minimum absolute atomic E-state index is 0. The number of nitrogens with two attached hydrogens (primary N) is 1. The molecule has 0 aliphatic rings. The zero-order valence-electron chi connectivity index (χ0n) is 16.6. The number of sulfone groups is 1. The summed E-state index contributed by atoms with van der Waals surface area (Å²) in [6, 6.07) is 10.9. The molecule has 0 spiro atoms. The van der Waals surface area contributed by atoms with Crippen molar-refractivity contribution in [2.75, 3.05) is 20.3 Å². The standard InChI is InChI=1S/C21H21NO7S.ClH/c1-27-17-4-2-3-5-18(17)30(25,26)13-15-6-7-16(14-8-10-28-12-14)20(29-11-9-22)19(15)21(23)24;/h2-8,10,12H,9,11,13,22H2,1H3,(H,23,24);1H. The molecule has 3 aromatic rings. The number of carbonyl (C=O) groups is 1. The molecule has 0 unspecified atom stereocenters. The molecule has 10 heteroatoms. The van der Waals surface area contributed by atoms with Gasteiger partial charge in [0.25, 0.3) is 0 Å². The summed E-state index contributed by atoms with van der Waals surface area (Å²) in [4.78, 5) is 12.1. The number of furan rings is 1. The van der Waals surface area contributed by atoms with Gasteiger partial charge in [-0.2, -0.15) is 0 Å². The third-order valence-electron chi connectivity index (χ3n) is 4.40. The van der Waals surface area contributed by atoms with Crippen LogP contribution in [0.5, 0.6) is 11.5 Å². The van der Waals surface area contributed by atoms with E-state index in [1.54, 1.807) is 24.3 Å². The summed E-state index contributed by atoms with van der Waals surface area (Å²) in [5.74, 6) is -1.62. The number of halogens is 1. The predicted molar refractivity (Wildman–Crippen MR) is 117 cm³/mol. The number of carboxylic acid groups (broad SMARTS) is 1. The van der Waals surface area contributed by atoms with E-state index in [4.69, 9.17) is 19.6 Å². The van der Waals surface area contributed by atoms with Crippen molar-refractivity contribution in [1.82, 2.24) is 0 Å². The Bertz CT molecular complexity index is 1140. The van der Waals surface area contributed by atoms with Gasteiger partial charge in [0.1, 0.15) is 28.6 Å². The lowest BCUT2D eigenvalue weighted by atomic mass is 9.99. The van der Waals surface area contributed by atoms with E-state index in [9.17, 15) is 18.3 Å². The molecule has 0 aliphatic heterocycles. The summed E-state index contributed by atoms with van der Waals surface area (Å²) in [5.41, 5.74) is 6.44. The molecule has 2 aromatic carbocycles. The van der Waals surface area contributed by atoms with Crippen LogP contribution in [0.25, 0.3) is 11.1 Å². The molecule has 0 aliphatic carbocycles. The third kappa shape index (κ3) is 5.19. The molecular formula is C21H22ClNO7S. The molecule has 166 valence electrons. The monoisotopic (exact) mass is 467 g/mol. The van der Waals surface area contributed by atoms with Crippen molar-refractivity contribution < 1.29 is 32.2 Å². The van der Waals surface area contributed by atoms with Crippen molar-refractivity contribution in [3.05, 3.63) is 66.1 Å². The highest BCUT2D eigenvalue weighted by molar-refractivity contribution is 7.90. The molecule has 3 N–H and O–H groups in total. The number of benzene rings is 2. The molecule has 0 atom stereocenters. The second kappa shape index (κ2) is 10.3. The summed E-state index contributed by atoms with van der Waals surface area (Å²) in [6.45, 7) is 0.224. The van der Waals surface area contributed by atoms with E-state index in [-0.39, 0.29) is 53.1 Å². The molecular weight excluding hydrogens is 446 g/mol. The van der Waals surface area contributed by atoms with Crippen LogP contribution < -0.4 is 15.2 Å². The van der Waals surface area contributed by atoms with E-state index in [2.05, 4.69) is 0 Å². The lowest BCUT2D eigenvalue weighted by Crippen LogP contribution is -2.16. The third-order valence-corrected chi connectivity index (χ3v) is 6.10. The lowest BCUT2D eigenvalue weighted by Gasteiger charge is -2.17. The summed E-state index contributed by atoms with van der Waals surface area (Å²) >= 11 is 0. The topological polar surface area (TPSA) is 129 Å². The van der Waals surface area contributed by atoms with Gasteiger partial charge in [0.05, 0.1) is 25.4 Å². The first-order chi connectivity index (χ1) is 14.4. The number of methoxy groups -OCH3 is 1. The van der Waals surface area contributed by atoms with E-state index >= 15 is 0 Å². The zero-order chi connectivity index (χ0) is 21.7. The van der Waals surface area contributed by atoms with Crippen LogP contribution in [0.1, 0.15) is 15.9 Å². The molecule has 0 amide bonds. The molecule has 1 aromatic heterocycles. The second-order valence-corrected chi connectivity index (χ2v) is 8.30. The van der Waals surface area contributed by atoms with Gasteiger partial charge in [-0.15, -0.1) is 12.4 Å². The first-order valence-electron chi connectivity index (χ1n) is 8.99. The maximum absolute atomic E-state index is 13.0. The molecule has 0 saturated heterocycles. The van der Waals surface area contributed by atoms with Crippen LogP contribution >= 0.6 is 12.4 Å². The minimum Gasteiger partial charge on any atom is -0.495 e. The van der Waals surface area contributed by atoms with Crippen LogP contribution in [-0.2, 0) is 15.6 Å². The quantitative estimate of drug-likeness (QED) is 0.490. The number of carboxylic acids is 1. The average molecular weight is 468 g/mol. The molecule has 0 saturated carbocycles. The number of hydrogen-bond acceptors (Lipinski definition) is 7. The highest BCUT2D eigenvalue weighted by atomic mass is 35.5. The molecule has 31 heavy (non-hydrogen) atoms. The van der Waals surface area contributed by atoms with Gasteiger partial charge in [-0.05, 0) is 23.8 Å². The first-order valence-corrected chi connectivity index (χ1v) is 10.6. The maximum atomic E-state index is 13.0. The first kappa shape index (κ1) is 24.3. The van der Waals surface area contributed by atoms with Crippen molar-refractivity contribution in [2.45, 2.75) is 10.6 Å². The highest BCUT2D eigenvalue weighted by Crippen LogP contribution is 2.37. The fraction of sp³-hybridized carbons (Fsp3) is 0.190. The minimum atomic E-state index is -3.90.